The molecule has 78 valence electrons. The summed E-state index contributed by atoms with van der Waals surface area (Å²) < 4.78 is 23.7. The smallest absolute Gasteiger partial charge is 0.255 e. The number of thioether (sulfide) groups is 1. The van der Waals surface area contributed by atoms with Gasteiger partial charge >= 0.3 is 0 Å². The van der Waals surface area contributed by atoms with Crippen molar-refractivity contribution in [2.45, 2.75) is 11.6 Å². The molecule has 0 aliphatic carbocycles. The van der Waals surface area contributed by atoms with Crippen molar-refractivity contribution in [1.82, 2.24) is 9.97 Å². The topological polar surface area (TPSA) is 37.8 Å². The molecule has 3 nitrogen and oxygen atoms in total. The zero-order chi connectivity index (χ0) is 10.6. The van der Waals surface area contributed by atoms with Crippen molar-refractivity contribution in [2.24, 2.45) is 0 Å². The summed E-state index contributed by atoms with van der Waals surface area (Å²) in [5, 5.41) is 3.15. The first-order chi connectivity index (χ1) is 6.61. The Balaban J connectivity index is 2.71. The highest BCUT2D eigenvalue weighted by atomic mass is 35.5. The largest absolute Gasteiger partial charge is 0.364 e. The van der Waals surface area contributed by atoms with E-state index in [0.29, 0.717) is 11.0 Å². The lowest BCUT2D eigenvalue weighted by atomic mass is 10.5. The zero-order valence-electron chi connectivity index (χ0n) is 7.30. The van der Waals surface area contributed by atoms with E-state index in [1.54, 1.807) is 6.26 Å². The number of hydrogen-bond donors (Lipinski definition) is 1. The van der Waals surface area contributed by atoms with Crippen LogP contribution >= 0.6 is 23.4 Å². The highest BCUT2D eigenvalue weighted by molar-refractivity contribution is 7.98. The average Bonchev–Trinajstić information content (AvgIpc) is 2.14. The van der Waals surface area contributed by atoms with E-state index in [4.69, 9.17) is 11.6 Å². The van der Waals surface area contributed by atoms with Crippen molar-refractivity contribution in [3.63, 3.8) is 0 Å². The molecule has 1 rings (SSSR count). The molecule has 0 fully saturated rings. The van der Waals surface area contributed by atoms with Gasteiger partial charge in [0.15, 0.2) is 5.16 Å². The maximum absolute atomic E-state index is 11.9. The molecule has 1 N–H and O–H groups in total. The highest BCUT2D eigenvalue weighted by Gasteiger charge is 2.05. The summed E-state index contributed by atoms with van der Waals surface area (Å²) in [7, 11) is 0. The summed E-state index contributed by atoms with van der Waals surface area (Å²) >= 11 is 6.95. The second-order valence-electron chi connectivity index (χ2n) is 2.33. The van der Waals surface area contributed by atoms with Crippen LogP contribution in [0.3, 0.4) is 0 Å². The maximum atomic E-state index is 11.9. The number of rotatable bonds is 4. The standard InChI is InChI=1S/C7H8ClF2N3S/c1-14-7-12-4(8)2-6(13-7)11-3-5(9)10/h2,5H,3H2,1H3,(H,11,12,13). The van der Waals surface area contributed by atoms with E-state index in [0.717, 1.165) is 0 Å². The maximum Gasteiger partial charge on any atom is 0.255 e. The fourth-order valence-corrected chi connectivity index (χ4v) is 1.37. The number of halogens is 3. The molecule has 0 saturated heterocycles. The molecule has 7 heteroatoms. The second kappa shape index (κ2) is 5.31. The van der Waals surface area contributed by atoms with Gasteiger partial charge in [-0.05, 0) is 6.26 Å². The molecule has 0 amide bonds. The van der Waals surface area contributed by atoms with Crippen LogP contribution in [-0.4, -0.2) is 29.2 Å². The third kappa shape index (κ3) is 3.63. The van der Waals surface area contributed by atoms with Gasteiger partial charge in [0.05, 0.1) is 6.54 Å². The van der Waals surface area contributed by atoms with Crippen LogP contribution in [0, 0.1) is 0 Å². The number of alkyl halides is 2. The molecule has 0 saturated carbocycles. The number of nitrogens with zero attached hydrogens (tertiary/aromatic N) is 2. The monoisotopic (exact) mass is 239 g/mol. The molecule has 1 aromatic rings. The Hall–Kier alpha value is -0.620. The van der Waals surface area contributed by atoms with Gasteiger partial charge in [0.1, 0.15) is 11.0 Å². The van der Waals surface area contributed by atoms with Crippen molar-refractivity contribution < 1.29 is 8.78 Å². The molecule has 0 unspecified atom stereocenters. The van der Waals surface area contributed by atoms with E-state index in [9.17, 15) is 8.78 Å². The van der Waals surface area contributed by atoms with E-state index >= 15 is 0 Å². The van der Waals surface area contributed by atoms with Gasteiger partial charge in [-0.2, -0.15) is 0 Å². The van der Waals surface area contributed by atoms with E-state index in [-0.39, 0.29) is 5.15 Å². The third-order valence-electron chi connectivity index (χ3n) is 1.29. The molecule has 0 bridgehead atoms. The summed E-state index contributed by atoms with van der Waals surface area (Å²) in [6, 6.07) is 1.41. The van der Waals surface area contributed by atoms with Crippen molar-refractivity contribution in [3.8, 4) is 0 Å². The van der Waals surface area contributed by atoms with E-state index in [1.165, 1.54) is 17.8 Å². The van der Waals surface area contributed by atoms with Crippen LogP contribution in [0.4, 0.5) is 14.6 Å². The van der Waals surface area contributed by atoms with Crippen molar-refractivity contribution in [3.05, 3.63) is 11.2 Å². The van der Waals surface area contributed by atoms with Gasteiger partial charge in [-0.25, -0.2) is 18.7 Å². The molecular formula is C7H8ClF2N3S. The Labute approximate surface area is 89.3 Å². The van der Waals surface area contributed by atoms with Crippen LogP contribution in [0.5, 0.6) is 0 Å². The van der Waals surface area contributed by atoms with Crippen molar-refractivity contribution >= 4 is 29.2 Å². The predicted molar refractivity (Wildman–Crippen MR) is 53.3 cm³/mol. The molecule has 0 aliphatic rings. The fraction of sp³-hybridized carbons (Fsp3) is 0.429. The number of hydrogen-bond acceptors (Lipinski definition) is 4. The minimum absolute atomic E-state index is 0.237. The molecule has 1 aromatic heterocycles. The first-order valence-electron chi connectivity index (χ1n) is 3.72. The van der Waals surface area contributed by atoms with Gasteiger partial charge in [0, 0.05) is 6.07 Å². The SMILES string of the molecule is CSc1nc(Cl)cc(NCC(F)F)n1. The van der Waals surface area contributed by atoms with Crippen molar-refractivity contribution in [1.29, 1.82) is 0 Å². The second-order valence-corrected chi connectivity index (χ2v) is 3.50. The molecular weight excluding hydrogens is 232 g/mol. The van der Waals surface area contributed by atoms with Crippen LogP contribution in [0.25, 0.3) is 0 Å². The minimum atomic E-state index is -2.42. The highest BCUT2D eigenvalue weighted by Crippen LogP contribution is 2.17. The van der Waals surface area contributed by atoms with Crippen LogP contribution in [0.15, 0.2) is 11.2 Å². The summed E-state index contributed by atoms with van der Waals surface area (Å²) in [6.07, 6.45) is -0.635. The quantitative estimate of drug-likeness (QED) is 0.498. The van der Waals surface area contributed by atoms with Crippen LogP contribution in [-0.2, 0) is 0 Å². The lowest BCUT2D eigenvalue weighted by Crippen LogP contribution is -2.11. The first kappa shape index (κ1) is 11.5. The van der Waals surface area contributed by atoms with Crippen LogP contribution < -0.4 is 5.32 Å². The molecule has 14 heavy (non-hydrogen) atoms. The molecule has 1 heterocycles. The summed E-state index contributed by atoms with van der Waals surface area (Å²) in [5.41, 5.74) is 0. The zero-order valence-corrected chi connectivity index (χ0v) is 8.87. The van der Waals surface area contributed by atoms with E-state index < -0.39 is 13.0 Å². The number of aromatic nitrogens is 2. The Morgan fingerprint density at radius 1 is 1.57 bits per heavy atom. The van der Waals surface area contributed by atoms with Gasteiger partial charge in [-0.15, -0.1) is 0 Å². The van der Waals surface area contributed by atoms with Crippen LogP contribution in [0.2, 0.25) is 5.15 Å². The predicted octanol–water partition coefficient (Wildman–Crippen LogP) is 2.53. The van der Waals surface area contributed by atoms with Gasteiger partial charge in [0.25, 0.3) is 6.43 Å². The van der Waals surface area contributed by atoms with Gasteiger partial charge < -0.3 is 5.32 Å². The molecule has 0 radical (unpaired) electrons. The Morgan fingerprint density at radius 3 is 2.86 bits per heavy atom. The average molecular weight is 240 g/mol. The van der Waals surface area contributed by atoms with Gasteiger partial charge in [-0.1, -0.05) is 23.4 Å². The third-order valence-corrected chi connectivity index (χ3v) is 2.04. The summed E-state index contributed by atoms with van der Waals surface area (Å²) in [5.74, 6) is 0.314. The number of anilines is 1. The molecule has 0 atom stereocenters. The fourth-order valence-electron chi connectivity index (χ4n) is 0.760. The van der Waals surface area contributed by atoms with Crippen molar-refractivity contribution in [2.75, 3.05) is 18.1 Å². The van der Waals surface area contributed by atoms with E-state index in [2.05, 4.69) is 15.3 Å². The summed E-state index contributed by atoms with van der Waals surface area (Å²) in [4.78, 5) is 7.82. The lowest BCUT2D eigenvalue weighted by Gasteiger charge is -2.05. The van der Waals surface area contributed by atoms with Gasteiger partial charge in [0.2, 0.25) is 0 Å². The van der Waals surface area contributed by atoms with E-state index in [1.807, 2.05) is 0 Å². The van der Waals surface area contributed by atoms with Crippen LogP contribution in [0.1, 0.15) is 0 Å². The summed E-state index contributed by atoms with van der Waals surface area (Å²) in [6.45, 7) is -0.443. The Morgan fingerprint density at radius 2 is 2.29 bits per heavy atom. The molecule has 0 aromatic carbocycles. The number of nitrogens with one attached hydrogen (secondary N) is 1. The molecule has 0 spiro atoms. The Bertz CT molecular complexity index is 311. The normalized spacial score (nSPS) is 10.6. The Kier molecular flexibility index (Phi) is 4.34. The lowest BCUT2D eigenvalue weighted by molar-refractivity contribution is 0.163. The van der Waals surface area contributed by atoms with Gasteiger partial charge in [-0.3, -0.25) is 0 Å². The first-order valence-corrected chi connectivity index (χ1v) is 5.32. The molecule has 0 aliphatic heterocycles. The minimum Gasteiger partial charge on any atom is -0.364 e.